The van der Waals surface area contributed by atoms with Crippen LogP contribution in [0.1, 0.15) is 34.6 Å². The molecule has 0 bridgehead atoms. The Balaban J connectivity index is 2.20. The van der Waals surface area contributed by atoms with Crippen molar-refractivity contribution in [1.29, 1.82) is 0 Å². The quantitative estimate of drug-likeness (QED) is 0.741. The van der Waals surface area contributed by atoms with E-state index in [1.54, 1.807) is 48.5 Å². The molecule has 0 saturated heterocycles. The van der Waals surface area contributed by atoms with Crippen molar-refractivity contribution in [3.63, 3.8) is 0 Å². The summed E-state index contributed by atoms with van der Waals surface area (Å²) in [4.78, 5) is 37.1. The van der Waals surface area contributed by atoms with Crippen LogP contribution in [0.25, 0.3) is 0 Å². The van der Waals surface area contributed by atoms with Gasteiger partial charge in [-0.15, -0.1) is 0 Å². The van der Waals surface area contributed by atoms with E-state index in [0.29, 0.717) is 10.7 Å². The summed E-state index contributed by atoms with van der Waals surface area (Å²) >= 11 is 6.05. The molecule has 0 aliphatic rings. The Hall–Kier alpha value is -2.86. The zero-order chi connectivity index (χ0) is 20.0. The summed E-state index contributed by atoms with van der Waals surface area (Å²) in [5.74, 6) is -1.65. The monoisotopic (exact) mass is 388 g/mol. The smallest absolute Gasteiger partial charge is 0.339 e. The van der Waals surface area contributed by atoms with Crippen molar-refractivity contribution < 1.29 is 19.1 Å². The minimum atomic E-state index is -0.820. The summed E-state index contributed by atoms with van der Waals surface area (Å²) in [5, 5.41) is 5.70. The number of para-hydroxylation sites is 1. The summed E-state index contributed by atoms with van der Waals surface area (Å²) in [6.45, 7) is 3.62. The van der Waals surface area contributed by atoms with Crippen LogP contribution in [0.3, 0.4) is 0 Å². The van der Waals surface area contributed by atoms with Crippen LogP contribution >= 0.6 is 11.6 Å². The number of hydrogen-bond acceptors (Lipinski definition) is 4. The number of carbonyl (C=O) groups excluding carboxylic acids is 3. The maximum atomic E-state index is 12.8. The van der Waals surface area contributed by atoms with Gasteiger partial charge < -0.3 is 15.4 Å². The zero-order valence-electron chi connectivity index (χ0n) is 15.3. The van der Waals surface area contributed by atoms with Gasteiger partial charge >= 0.3 is 5.97 Å². The topological polar surface area (TPSA) is 84.5 Å². The van der Waals surface area contributed by atoms with Crippen LogP contribution in [-0.4, -0.2) is 30.9 Å². The summed E-state index contributed by atoms with van der Waals surface area (Å²) in [6, 6.07) is 12.3. The van der Waals surface area contributed by atoms with Crippen molar-refractivity contribution in [2.45, 2.75) is 19.9 Å². The number of anilines is 1. The van der Waals surface area contributed by atoms with Crippen molar-refractivity contribution in [3.8, 4) is 0 Å². The van der Waals surface area contributed by atoms with Gasteiger partial charge in [-0.1, -0.05) is 49.7 Å². The van der Waals surface area contributed by atoms with Crippen LogP contribution in [0, 0.1) is 5.92 Å². The molecule has 7 heteroatoms. The molecule has 2 amide bonds. The molecule has 0 aromatic heterocycles. The van der Waals surface area contributed by atoms with E-state index in [0.717, 1.165) is 0 Å². The lowest BCUT2D eigenvalue weighted by atomic mass is 10.0. The predicted octanol–water partition coefficient (Wildman–Crippen LogP) is 3.52. The molecule has 0 aliphatic heterocycles. The van der Waals surface area contributed by atoms with Crippen molar-refractivity contribution in [2.75, 3.05) is 12.4 Å². The molecule has 1 atom stereocenters. The molecule has 0 spiro atoms. The second kappa shape index (κ2) is 9.19. The number of nitrogens with one attached hydrogen (secondary N) is 2. The molecule has 2 aromatic rings. The normalized spacial score (nSPS) is 11.6. The van der Waals surface area contributed by atoms with Crippen LogP contribution in [0.4, 0.5) is 5.69 Å². The molecular formula is C20H21ClN2O4. The molecule has 27 heavy (non-hydrogen) atoms. The van der Waals surface area contributed by atoms with Gasteiger partial charge in [0.05, 0.1) is 28.9 Å². The molecule has 0 radical (unpaired) electrons. The minimum absolute atomic E-state index is 0.193. The van der Waals surface area contributed by atoms with Gasteiger partial charge in [0.1, 0.15) is 6.04 Å². The number of hydrogen-bond donors (Lipinski definition) is 2. The number of rotatable bonds is 6. The van der Waals surface area contributed by atoms with E-state index in [1.165, 1.54) is 7.11 Å². The molecular weight excluding hydrogens is 368 g/mol. The lowest BCUT2D eigenvalue weighted by Gasteiger charge is -2.22. The van der Waals surface area contributed by atoms with Gasteiger partial charge in [0, 0.05) is 0 Å². The van der Waals surface area contributed by atoms with Gasteiger partial charge in [-0.2, -0.15) is 0 Å². The Morgan fingerprint density at radius 2 is 1.56 bits per heavy atom. The van der Waals surface area contributed by atoms with E-state index < -0.39 is 23.8 Å². The standard InChI is InChI=1S/C20H21ClN2O4/c1-12(2)17(23-18(24)13-8-4-6-10-15(13)21)19(25)22-16-11-7-5-9-14(16)20(26)27-3/h4-12,17H,1-3H3,(H,22,25)(H,23,24). The highest BCUT2D eigenvalue weighted by Gasteiger charge is 2.26. The molecule has 1 unspecified atom stereocenters. The van der Waals surface area contributed by atoms with E-state index in [2.05, 4.69) is 10.6 Å². The third-order valence-corrected chi connectivity index (χ3v) is 4.27. The second-order valence-electron chi connectivity index (χ2n) is 6.20. The molecule has 2 aromatic carbocycles. The third-order valence-electron chi connectivity index (χ3n) is 3.94. The fourth-order valence-electron chi connectivity index (χ4n) is 2.49. The fourth-order valence-corrected chi connectivity index (χ4v) is 2.71. The van der Waals surface area contributed by atoms with E-state index in [1.807, 2.05) is 13.8 Å². The summed E-state index contributed by atoms with van der Waals surface area (Å²) < 4.78 is 4.73. The highest BCUT2D eigenvalue weighted by molar-refractivity contribution is 6.33. The number of carbonyl (C=O) groups is 3. The van der Waals surface area contributed by atoms with E-state index in [4.69, 9.17) is 16.3 Å². The molecule has 0 heterocycles. The number of halogens is 1. The number of amides is 2. The largest absolute Gasteiger partial charge is 0.465 e. The average Bonchev–Trinajstić information content (AvgIpc) is 2.65. The average molecular weight is 389 g/mol. The van der Waals surface area contributed by atoms with Crippen LogP contribution in [-0.2, 0) is 9.53 Å². The maximum absolute atomic E-state index is 12.8. The van der Waals surface area contributed by atoms with Crippen molar-refractivity contribution in [1.82, 2.24) is 5.32 Å². The highest BCUT2D eigenvalue weighted by atomic mass is 35.5. The number of benzene rings is 2. The summed E-state index contributed by atoms with van der Waals surface area (Å²) in [5.41, 5.74) is 0.827. The van der Waals surface area contributed by atoms with Crippen LogP contribution in [0.5, 0.6) is 0 Å². The predicted molar refractivity (Wildman–Crippen MR) is 104 cm³/mol. The van der Waals surface area contributed by atoms with E-state index in [9.17, 15) is 14.4 Å². The molecule has 2 rings (SSSR count). The zero-order valence-corrected chi connectivity index (χ0v) is 16.0. The first-order chi connectivity index (χ1) is 12.8. The van der Waals surface area contributed by atoms with E-state index >= 15 is 0 Å². The van der Waals surface area contributed by atoms with E-state index in [-0.39, 0.29) is 17.0 Å². The Kier molecular flexibility index (Phi) is 6.96. The lowest BCUT2D eigenvalue weighted by molar-refractivity contribution is -0.118. The first-order valence-corrected chi connectivity index (χ1v) is 8.76. The lowest BCUT2D eigenvalue weighted by Crippen LogP contribution is -2.47. The molecule has 0 aliphatic carbocycles. The highest BCUT2D eigenvalue weighted by Crippen LogP contribution is 2.18. The van der Waals surface area contributed by atoms with Crippen LogP contribution < -0.4 is 10.6 Å². The van der Waals surface area contributed by atoms with Gasteiger partial charge in [-0.05, 0) is 30.2 Å². The maximum Gasteiger partial charge on any atom is 0.339 e. The number of esters is 1. The Bertz CT molecular complexity index is 851. The SMILES string of the molecule is COC(=O)c1ccccc1NC(=O)C(NC(=O)c1ccccc1Cl)C(C)C. The number of ether oxygens (including phenoxy) is 1. The molecule has 142 valence electrons. The molecule has 0 saturated carbocycles. The fraction of sp³-hybridized carbons (Fsp3) is 0.250. The summed E-state index contributed by atoms with van der Waals surface area (Å²) in [6.07, 6.45) is 0. The van der Waals surface area contributed by atoms with Crippen LogP contribution in [0.2, 0.25) is 5.02 Å². The Morgan fingerprint density at radius 1 is 0.963 bits per heavy atom. The van der Waals surface area contributed by atoms with Gasteiger partial charge in [-0.25, -0.2) is 4.79 Å². The second-order valence-corrected chi connectivity index (χ2v) is 6.61. The Labute approximate surface area is 162 Å². The molecule has 0 fully saturated rings. The Morgan fingerprint density at radius 3 is 2.15 bits per heavy atom. The van der Waals surface area contributed by atoms with Crippen molar-refractivity contribution in [3.05, 3.63) is 64.7 Å². The van der Waals surface area contributed by atoms with Crippen molar-refractivity contribution in [2.24, 2.45) is 5.92 Å². The van der Waals surface area contributed by atoms with Crippen molar-refractivity contribution >= 4 is 35.1 Å². The van der Waals surface area contributed by atoms with Gasteiger partial charge in [0.2, 0.25) is 5.91 Å². The number of methoxy groups -OCH3 is 1. The molecule has 2 N–H and O–H groups in total. The summed E-state index contributed by atoms with van der Waals surface area (Å²) in [7, 11) is 1.27. The van der Waals surface area contributed by atoms with Gasteiger partial charge in [-0.3, -0.25) is 9.59 Å². The van der Waals surface area contributed by atoms with Gasteiger partial charge in [0.25, 0.3) is 5.91 Å². The minimum Gasteiger partial charge on any atom is -0.465 e. The first-order valence-electron chi connectivity index (χ1n) is 8.38. The molecule has 6 nitrogen and oxygen atoms in total. The van der Waals surface area contributed by atoms with Crippen LogP contribution in [0.15, 0.2) is 48.5 Å². The first kappa shape index (κ1) is 20.5. The van der Waals surface area contributed by atoms with Gasteiger partial charge in [0.15, 0.2) is 0 Å². The third kappa shape index (κ3) is 5.08.